The number of ether oxygens (including phenoxy) is 1. The maximum absolute atomic E-state index is 11.8. The first-order valence-corrected chi connectivity index (χ1v) is 7.71. The number of anilines is 2. The van der Waals surface area contributed by atoms with Gasteiger partial charge in [0.15, 0.2) is 0 Å². The van der Waals surface area contributed by atoms with Crippen molar-refractivity contribution in [1.82, 2.24) is 0 Å². The monoisotopic (exact) mass is 284 g/mol. The van der Waals surface area contributed by atoms with Crippen molar-refractivity contribution < 1.29 is 17.9 Å². The summed E-state index contributed by atoms with van der Waals surface area (Å²) in [7, 11) is -1.99. The smallest absolute Gasteiger partial charge is 0.411 e. The highest BCUT2D eigenvalue weighted by molar-refractivity contribution is 7.92. The number of hydrogen-bond acceptors (Lipinski definition) is 4. The lowest BCUT2D eigenvalue weighted by molar-refractivity contribution is 0.187. The summed E-state index contributed by atoms with van der Waals surface area (Å²) in [6.45, 7) is 0. The molecule has 0 bridgehead atoms. The zero-order chi connectivity index (χ0) is 14.0. The zero-order valence-corrected chi connectivity index (χ0v) is 11.6. The fourth-order valence-corrected chi connectivity index (χ4v) is 3.10. The van der Waals surface area contributed by atoms with Crippen molar-refractivity contribution in [2.45, 2.75) is 18.9 Å². The number of carbonyl (C=O) groups excluding carboxylic acids is 1. The van der Waals surface area contributed by atoms with Crippen LogP contribution in [0.2, 0.25) is 0 Å². The summed E-state index contributed by atoms with van der Waals surface area (Å²) in [5.41, 5.74) is 1.17. The molecule has 1 aromatic rings. The molecule has 6 nitrogen and oxygen atoms in total. The van der Waals surface area contributed by atoms with E-state index in [-0.39, 0.29) is 6.04 Å². The number of sulfonamides is 1. The molecule has 0 atom stereocenters. The van der Waals surface area contributed by atoms with Crippen LogP contribution in [0.3, 0.4) is 0 Å². The first kappa shape index (κ1) is 13.7. The lowest BCUT2D eigenvalue weighted by Crippen LogP contribution is -2.31. The van der Waals surface area contributed by atoms with E-state index in [9.17, 15) is 13.2 Å². The Bertz CT molecular complexity index is 564. The molecule has 0 aromatic heterocycles. The molecular formula is C12H16N2O4S. The first-order valence-electron chi connectivity index (χ1n) is 5.86. The summed E-state index contributed by atoms with van der Waals surface area (Å²) >= 11 is 0. The quantitative estimate of drug-likeness (QED) is 0.914. The number of rotatable bonds is 4. The van der Waals surface area contributed by atoms with Gasteiger partial charge in [0.25, 0.3) is 0 Å². The van der Waals surface area contributed by atoms with Gasteiger partial charge >= 0.3 is 6.09 Å². The maximum atomic E-state index is 11.8. The number of carbonyl (C=O) groups is 1. The molecule has 1 fully saturated rings. The second-order valence-electron chi connectivity index (χ2n) is 4.45. The maximum Gasteiger partial charge on any atom is 0.411 e. The van der Waals surface area contributed by atoms with Crippen molar-refractivity contribution in [2.75, 3.05) is 23.0 Å². The topological polar surface area (TPSA) is 75.7 Å². The number of nitrogens with zero attached hydrogens (tertiary/aromatic N) is 1. The number of benzene rings is 1. The average Bonchev–Trinajstić information content (AvgIpc) is 3.14. The van der Waals surface area contributed by atoms with Gasteiger partial charge in [-0.3, -0.25) is 9.62 Å². The van der Waals surface area contributed by atoms with Crippen molar-refractivity contribution in [3.05, 3.63) is 24.3 Å². The largest absolute Gasteiger partial charge is 0.453 e. The Morgan fingerprint density at radius 3 is 2.32 bits per heavy atom. The normalized spacial score (nSPS) is 14.8. The van der Waals surface area contributed by atoms with Crippen molar-refractivity contribution in [2.24, 2.45) is 0 Å². The van der Waals surface area contributed by atoms with E-state index in [1.165, 1.54) is 17.7 Å². The van der Waals surface area contributed by atoms with E-state index in [1.807, 2.05) is 0 Å². The van der Waals surface area contributed by atoms with Crippen LogP contribution in [0.4, 0.5) is 16.2 Å². The zero-order valence-electron chi connectivity index (χ0n) is 10.8. The molecule has 0 radical (unpaired) electrons. The lowest BCUT2D eigenvalue weighted by atomic mass is 10.3. The molecule has 104 valence electrons. The molecule has 1 aromatic carbocycles. The van der Waals surface area contributed by atoms with Gasteiger partial charge in [-0.25, -0.2) is 13.2 Å². The minimum Gasteiger partial charge on any atom is -0.453 e. The Hall–Kier alpha value is -1.76. The van der Waals surface area contributed by atoms with Gasteiger partial charge in [0.1, 0.15) is 0 Å². The summed E-state index contributed by atoms with van der Waals surface area (Å²) < 4.78 is 29.4. The van der Waals surface area contributed by atoms with Gasteiger partial charge in [0.2, 0.25) is 10.0 Å². The molecule has 1 N–H and O–H groups in total. The van der Waals surface area contributed by atoms with Crippen LogP contribution >= 0.6 is 0 Å². The Balaban J connectivity index is 2.19. The average molecular weight is 284 g/mol. The fraction of sp³-hybridized carbons (Fsp3) is 0.417. The summed E-state index contributed by atoms with van der Waals surface area (Å²) in [6.07, 6.45) is 2.41. The summed E-state index contributed by atoms with van der Waals surface area (Å²) in [5.74, 6) is 0. The third kappa shape index (κ3) is 3.37. The van der Waals surface area contributed by atoms with Gasteiger partial charge in [-0.05, 0) is 37.1 Å². The Morgan fingerprint density at radius 1 is 1.32 bits per heavy atom. The van der Waals surface area contributed by atoms with Crippen molar-refractivity contribution in [1.29, 1.82) is 0 Å². The molecule has 1 amide bonds. The van der Waals surface area contributed by atoms with Crippen LogP contribution in [0.15, 0.2) is 24.3 Å². The number of amides is 1. The molecule has 19 heavy (non-hydrogen) atoms. The van der Waals surface area contributed by atoms with Crippen LogP contribution in [0.25, 0.3) is 0 Å². The van der Waals surface area contributed by atoms with Gasteiger partial charge < -0.3 is 4.74 Å². The predicted octanol–water partition coefficient (Wildman–Crippen LogP) is 1.79. The van der Waals surface area contributed by atoms with Gasteiger partial charge in [0, 0.05) is 11.7 Å². The second kappa shape index (κ2) is 5.08. The summed E-state index contributed by atoms with van der Waals surface area (Å²) in [4.78, 5) is 11.0. The van der Waals surface area contributed by atoms with Crippen LogP contribution < -0.4 is 9.62 Å². The molecule has 0 unspecified atom stereocenters. The van der Waals surface area contributed by atoms with E-state index in [0.717, 1.165) is 12.8 Å². The van der Waals surface area contributed by atoms with Crippen molar-refractivity contribution in [3.63, 3.8) is 0 Å². The third-order valence-corrected chi connectivity index (χ3v) is 4.01. The van der Waals surface area contributed by atoms with Gasteiger partial charge in [-0.15, -0.1) is 0 Å². The van der Waals surface area contributed by atoms with Crippen molar-refractivity contribution in [3.8, 4) is 0 Å². The minimum atomic E-state index is -3.27. The molecule has 2 rings (SSSR count). The van der Waals surface area contributed by atoms with E-state index in [2.05, 4.69) is 10.1 Å². The molecule has 0 spiro atoms. The van der Waals surface area contributed by atoms with E-state index >= 15 is 0 Å². The SMILES string of the molecule is COC(=O)Nc1ccc(N(C2CC2)S(C)(=O)=O)cc1. The van der Waals surface area contributed by atoms with Crippen LogP contribution in [0, 0.1) is 0 Å². The fourth-order valence-electron chi connectivity index (χ4n) is 1.84. The number of methoxy groups -OCH3 is 1. The number of nitrogens with one attached hydrogen (secondary N) is 1. The highest BCUT2D eigenvalue weighted by Crippen LogP contribution is 2.34. The van der Waals surface area contributed by atoms with E-state index < -0.39 is 16.1 Å². The molecule has 0 saturated heterocycles. The van der Waals surface area contributed by atoms with Gasteiger partial charge in [-0.1, -0.05) is 0 Å². The standard InChI is InChI=1S/C12H16N2O4S/c1-18-12(15)13-9-3-5-10(6-4-9)14(11-7-8-11)19(2,16)17/h3-6,11H,7-8H2,1-2H3,(H,13,15). The predicted molar refractivity (Wildman–Crippen MR) is 72.8 cm³/mol. The lowest BCUT2D eigenvalue weighted by Gasteiger charge is -2.22. The minimum absolute atomic E-state index is 0.0643. The molecule has 7 heteroatoms. The summed E-state index contributed by atoms with van der Waals surface area (Å²) in [6, 6.07) is 6.70. The van der Waals surface area contributed by atoms with E-state index in [1.54, 1.807) is 24.3 Å². The summed E-state index contributed by atoms with van der Waals surface area (Å²) in [5, 5.41) is 2.51. The first-order chi connectivity index (χ1) is 8.91. The number of hydrogen-bond donors (Lipinski definition) is 1. The highest BCUT2D eigenvalue weighted by Gasteiger charge is 2.35. The molecule has 1 saturated carbocycles. The van der Waals surface area contributed by atoms with E-state index in [0.29, 0.717) is 11.4 Å². The van der Waals surface area contributed by atoms with Crippen LogP contribution in [-0.4, -0.2) is 33.9 Å². The molecular weight excluding hydrogens is 268 g/mol. The Kier molecular flexibility index (Phi) is 3.66. The van der Waals surface area contributed by atoms with Crippen LogP contribution in [-0.2, 0) is 14.8 Å². The van der Waals surface area contributed by atoms with Gasteiger partial charge in [0.05, 0.1) is 19.1 Å². The molecule has 1 aliphatic carbocycles. The van der Waals surface area contributed by atoms with Gasteiger partial charge in [-0.2, -0.15) is 0 Å². The van der Waals surface area contributed by atoms with Crippen LogP contribution in [0.5, 0.6) is 0 Å². The molecule has 0 aliphatic heterocycles. The molecule has 1 aliphatic rings. The highest BCUT2D eigenvalue weighted by atomic mass is 32.2. The third-order valence-electron chi connectivity index (χ3n) is 2.79. The van der Waals surface area contributed by atoms with Crippen molar-refractivity contribution >= 4 is 27.5 Å². The Labute approximate surface area is 112 Å². The van der Waals surface area contributed by atoms with Crippen LogP contribution in [0.1, 0.15) is 12.8 Å². The van der Waals surface area contributed by atoms with E-state index in [4.69, 9.17) is 0 Å². The second-order valence-corrected chi connectivity index (χ2v) is 6.31. The molecule has 0 heterocycles. The Morgan fingerprint density at radius 2 is 1.89 bits per heavy atom.